The molecule has 0 saturated heterocycles. The molecular formula is C30H35ClN2O2S. The molecule has 1 N–H and O–H groups in total. The van der Waals surface area contributed by atoms with Crippen LogP contribution in [0.2, 0.25) is 5.02 Å². The van der Waals surface area contributed by atoms with Gasteiger partial charge in [-0.25, -0.2) is 0 Å². The van der Waals surface area contributed by atoms with Gasteiger partial charge < -0.3 is 10.2 Å². The van der Waals surface area contributed by atoms with Gasteiger partial charge >= 0.3 is 0 Å². The van der Waals surface area contributed by atoms with Gasteiger partial charge in [0, 0.05) is 30.3 Å². The van der Waals surface area contributed by atoms with E-state index in [1.807, 2.05) is 66.7 Å². The number of hydrogen-bond acceptors (Lipinski definition) is 3. The van der Waals surface area contributed by atoms with E-state index in [1.54, 1.807) is 16.7 Å². The number of halogens is 1. The normalized spacial score (nSPS) is 11.6. The van der Waals surface area contributed by atoms with Crippen molar-refractivity contribution in [1.82, 2.24) is 10.2 Å². The van der Waals surface area contributed by atoms with Gasteiger partial charge in [-0.2, -0.15) is 0 Å². The Morgan fingerprint density at radius 1 is 0.944 bits per heavy atom. The van der Waals surface area contributed by atoms with Crippen LogP contribution in [0.3, 0.4) is 0 Å². The third kappa shape index (κ3) is 8.42. The smallest absolute Gasteiger partial charge is 0.243 e. The van der Waals surface area contributed by atoms with Gasteiger partial charge in [-0.05, 0) is 41.7 Å². The number of unbranched alkanes of at least 4 members (excludes halogenated alkanes) is 1. The van der Waals surface area contributed by atoms with Crippen LogP contribution in [0.5, 0.6) is 0 Å². The molecule has 0 aromatic heterocycles. The molecule has 0 aliphatic carbocycles. The van der Waals surface area contributed by atoms with Crippen molar-refractivity contribution in [1.29, 1.82) is 0 Å². The van der Waals surface area contributed by atoms with Crippen molar-refractivity contribution in [3.05, 3.63) is 106 Å². The van der Waals surface area contributed by atoms with Crippen LogP contribution in [-0.4, -0.2) is 35.1 Å². The first-order valence-corrected chi connectivity index (χ1v) is 14.0. The zero-order valence-corrected chi connectivity index (χ0v) is 22.7. The summed E-state index contributed by atoms with van der Waals surface area (Å²) in [7, 11) is 0. The molecule has 3 rings (SSSR count). The van der Waals surface area contributed by atoms with Crippen LogP contribution in [-0.2, 0) is 28.3 Å². The van der Waals surface area contributed by atoms with E-state index in [9.17, 15) is 9.59 Å². The number of hydrogen-bond donors (Lipinski definition) is 1. The maximum absolute atomic E-state index is 13.7. The number of amides is 2. The summed E-state index contributed by atoms with van der Waals surface area (Å²) >= 11 is 8.05. The summed E-state index contributed by atoms with van der Waals surface area (Å²) in [5.41, 5.74) is 4.27. The van der Waals surface area contributed by atoms with E-state index < -0.39 is 6.04 Å². The highest BCUT2D eigenvalue weighted by Crippen LogP contribution is 2.22. The van der Waals surface area contributed by atoms with Crippen molar-refractivity contribution < 1.29 is 9.59 Å². The lowest BCUT2D eigenvalue weighted by atomic mass is 10.0. The number of carbonyl (C=O) groups is 2. The number of thioether (sulfide) groups is 1. The van der Waals surface area contributed by atoms with Crippen molar-refractivity contribution in [3.8, 4) is 0 Å². The molecule has 0 saturated carbocycles. The lowest BCUT2D eigenvalue weighted by Gasteiger charge is -2.32. The third-order valence-electron chi connectivity index (χ3n) is 6.14. The lowest BCUT2D eigenvalue weighted by Crippen LogP contribution is -2.51. The van der Waals surface area contributed by atoms with Crippen molar-refractivity contribution in [2.75, 3.05) is 12.3 Å². The first-order valence-electron chi connectivity index (χ1n) is 12.5. The maximum atomic E-state index is 13.7. The molecule has 36 heavy (non-hydrogen) atoms. The van der Waals surface area contributed by atoms with Gasteiger partial charge in [0.25, 0.3) is 0 Å². The predicted molar refractivity (Wildman–Crippen MR) is 151 cm³/mol. The quantitative estimate of drug-likeness (QED) is 0.263. The van der Waals surface area contributed by atoms with E-state index in [0.29, 0.717) is 18.0 Å². The number of nitrogens with one attached hydrogen (secondary N) is 1. The van der Waals surface area contributed by atoms with E-state index in [-0.39, 0.29) is 24.1 Å². The molecule has 0 unspecified atom stereocenters. The number of carbonyl (C=O) groups excluding carboxylic acids is 2. The minimum Gasteiger partial charge on any atom is -0.354 e. The lowest BCUT2D eigenvalue weighted by molar-refractivity contribution is -0.139. The van der Waals surface area contributed by atoms with Crippen LogP contribution < -0.4 is 5.32 Å². The fourth-order valence-corrected chi connectivity index (χ4v) is 5.16. The van der Waals surface area contributed by atoms with E-state index in [1.165, 1.54) is 11.1 Å². The second kappa shape index (κ2) is 14.7. The number of nitrogens with zero attached hydrogens (tertiary/aromatic N) is 1. The summed E-state index contributed by atoms with van der Waals surface area (Å²) in [4.78, 5) is 28.8. The fraction of sp³-hybridized carbons (Fsp3) is 0.333. The van der Waals surface area contributed by atoms with Gasteiger partial charge in [-0.3, -0.25) is 9.59 Å². The summed E-state index contributed by atoms with van der Waals surface area (Å²) in [6.45, 7) is 5.05. The zero-order valence-electron chi connectivity index (χ0n) is 21.1. The predicted octanol–water partition coefficient (Wildman–Crippen LogP) is 6.44. The molecule has 3 aromatic carbocycles. The maximum Gasteiger partial charge on any atom is 0.243 e. The van der Waals surface area contributed by atoms with Gasteiger partial charge in [-0.15, -0.1) is 11.8 Å². The molecule has 0 fully saturated rings. The van der Waals surface area contributed by atoms with E-state index in [2.05, 4.69) is 31.3 Å². The molecule has 0 aliphatic heterocycles. The molecule has 0 radical (unpaired) electrons. The first-order chi connectivity index (χ1) is 17.5. The fourth-order valence-electron chi connectivity index (χ4n) is 3.97. The Hall–Kier alpha value is -2.76. The highest BCUT2D eigenvalue weighted by molar-refractivity contribution is 7.99. The van der Waals surface area contributed by atoms with E-state index >= 15 is 0 Å². The molecule has 2 amide bonds. The summed E-state index contributed by atoms with van der Waals surface area (Å²) in [5, 5.41) is 3.65. The Labute approximate surface area is 224 Å². The molecule has 0 heterocycles. The third-order valence-corrected chi connectivity index (χ3v) is 7.48. The number of benzene rings is 3. The highest BCUT2D eigenvalue weighted by Gasteiger charge is 2.30. The van der Waals surface area contributed by atoms with Gasteiger partial charge in [0.2, 0.25) is 11.8 Å². The Morgan fingerprint density at radius 3 is 2.31 bits per heavy atom. The molecule has 0 bridgehead atoms. The van der Waals surface area contributed by atoms with Crippen LogP contribution in [0.25, 0.3) is 0 Å². The number of aryl methyl sites for hydroxylation is 1. The standard InChI is InChI=1S/C30H35ClN2O2S/c1-3-4-18-32-30(35)28(19-24-13-6-5-7-14-24)33(20-25-15-10-11-17-27(25)31)29(34)22-36-21-26-16-9-8-12-23(26)2/h5-17,28H,3-4,18-22H2,1-2H3,(H,32,35)/t28-/m0/s1. The second-order valence-electron chi connectivity index (χ2n) is 8.88. The molecular weight excluding hydrogens is 488 g/mol. The van der Waals surface area contributed by atoms with E-state index in [4.69, 9.17) is 11.6 Å². The van der Waals surface area contributed by atoms with Crippen LogP contribution in [0, 0.1) is 6.92 Å². The molecule has 6 heteroatoms. The Bertz CT molecular complexity index is 1120. The molecule has 4 nitrogen and oxygen atoms in total. The van der Waals surface area contributed by atoms with Gasteiger partial charge in [0.15, 0.2) is 0 Å². The average Bonchev–Trinajstić information content (AvgIpc) is 2.89. The van der Waals surface area contributed by atoms with Crippen LogP contribution >= 0.6 is 23.4 Å². The van der Waals surface area contributed by atoms with Gasteiger partial charge in [0.1, 0.15) is 6.04 Å². The zero-order chi connectivity index (χ0) is 25.8. The van der Waals surface area contributed by atoms with Gasteiger partial charge in [0.05, 0.1) is 5.75 Å². The molecule has 190 valence electrons. The largest absolute Gasteiger partial charge is 0.354 e. The topological polar surface area (TPSA) is 49.4 Å². The van der Waals surface area contributed by atoms with Crippen molar-refractivity contribution >= 4 is 35.2 Å². The van der Waals surface area contributed by atoms with Crippen LogP contribution in [0.15, 0.2) is 78.9 Å². The van der Waals surface area contributed by atoms with Crippen molar-refractivity contribution in [2.45, 2.75) is 51.4 Å². The molecule has 1 atom stereocenters. The van der Waals surface area contributed by atoms with Crippen LogP contribution in [0.1, 0.15) is 42.0 Å². The van der Waals surface area contributed by atoms with Crippen molar-refractivity contribution in [3.63, 3.8) is 0 Å². The summed E-state index contributed by atoms with van der Waals surface area (Å²) < 4.78 is 0. The molecule has 0 aliphatic rings. The molecule has 0 spiro atoms. The Morgan fingerprint density at radius 2 is 1.61 bits per heavy atom. The van der Waals surface area contributed by atoms with Crippen LogP contribution in [0.4, 0.5) is 0 Å². The minimum atomic E-state index is -0.632. The SMILES string of the molecule is CCCCNC(=O)[C@H](Cc1ccccc1)N(Cc1ccccc1Cl)C(=O)CSCc1ccccc1C. The summed E-state index contributed by atoms with van der Waals surface area (Å²) in [6.07, 6.45) is 2.33. The average molecular weight is 523 g/mol. The Kier molecular flexibility index (Phi) is 11.4. The van der Waals surface area contributed by atoms with Crippen molar-refractivity contribution in [2.24, 2.45) is 0 Å². The summed E-state index contributed by atoms with van der Waals surface area (Å²) in [6, 6.07) is 25.0. The van der Waals surface area contributed by atoms with E-state index in [0.717, 1.165) is 29.7 Å². The minimum absolute atomic E-state index is 0.0694. The first kappa shape index (κ1) is 27.8. The highest BCUT2D eigenvalue weighted by atomic mass is 35.5. The Balaban J connectivity index is 1.85. The monoisotopic (exact) mass is 522 g/mol. The van der Waals surface area contributed by atoms with Gasteiger partial charge in [-0.1, -0.05) is 97.7 Å². The number of rotatable bonds is 13. The summed E-state index contributed by atoms with van der Waals surface area (Å²) in [5.74, 6) is 0.827. The molecule has 3 aromatic rings. The second-order valence-corrected chi connectivity index (χ2v) is 10.3.